The second-order valence-electron chi connectivity index (χ2n) is 8.88. The summed E-state index contributed by atoms with van der Waals surface area (Å²) in [5.41, 5.74) is 4.33. The zero-order valence-electron chi connectivity index (χ0n) is 19.3. The molecule has 0 aliphatic heterocycles. The second kappa shape index (κ2) is 7.52. The predicted molar refractivity (Wildman–Crippen MR) is 138 cm³/mol. The van der Waals surface area contributed by atoms with Crippen LogP contribution in [0.15, 0.2) is 101 Å². The molecule has 0 saturated carbocycles. The lowest BCUT2D eigenvalue weighted by atomic mass is 10.0. The molecule has 6 nitrogen and oxygen atoms in total. The van der Waals surface area contributed by atoms with E-state index in [1.54, 1.807) is 12.3 Å². The Labute approximate surface area is 205 Å². The van der Waals surface area contributed by atoms with E-state index >= 15 is 0 Å². The van der Waals surface area contributed by atoms with Crippen molar-refractivity contribution in [3.63, 3.8) is 0 Å². The third-order valence-electron chi connectivity index (χ3n) is 6.80. The van der Waals surface area contributed by atoms with Gasteiger partial charge in [0, 0.05) is 23.9 Å². The van der Waals surface area contributed by atoms with Gasteiger partial charge < -0.3 is 8.98 Å². The van der Waals surface area contributed by atoms with E-state index in [1.165, 1.54) is 0 Å². The van der Waals surface area contributed by atoms with Gasteiger partial charge in [-0.2, -0.15) is 0 Å². The number of rotatable bonds is 3. The van der Waals surface area contributed by atoms with E-state index in [2.05, 4.69) is 0 Å². The van der Waals surface area contributed by atoms with Crippen molar-refractivity contribution < 1.29 is 14.0 Å². The van der Waals surface area contributed by atoms with Crippen LogP contribution in [0.2, 0.25) is 0 Å². The number of hydrogen-bond donors (Lipinski definition) is 0. The van der Waals surface area contributed by atoms with Gasteiger partial charge >= 0.3 is 0 Å². The lowest BCUT2D eigenvalue weighted by Crippen LogP contribution is -2.03. The van der Waals surface area contributed by atoms with E-state index in [0.717, 1.165) is 39.1 Å². The van der Waals surface area contributed by atoms with Gasteiger partial charge in [-0.15, -0.1) is 0 Å². The van der Waals surface area contributed by atoms with Crippen LogP contribution in [-0.4, -0.2) is 25.7 Å². The summed E-state index contributed by atoms with van der Waals surface area (Å²) in [6.07, 6.45) is 3.26. The number of imidazole rings is 1. The number of benzene rings is 3. The maximum absolute atomic E-state index is 13.4. The topological polar surface area (TPSA) is 70.0 Å². The van der Waals surface area contributed by atoms with Crippen LogP contribution in [0.5, 0.6) is 0 Å². The van der Waals surface area contributed by atoms with Crippen molar-refractivity contribution in [1.29, 1.82) is 0 Å². The highest BCUT2D eigenvalue weighted by Crippen LogP contribution is 2.34. The van der Waals surface area contributed by atoms with Gasteiger partial charge in [-0.25, -0.2) is 4.98 Å². The van der Waals surface area contributed by atoms with Crippen LogP contribution in [0, 0.1) is 0 Å². The van der Waals surface area contributed by atoms with Gasteiger partial charge in [-0.3, -0.25) is 14.2 Å². The minimum atomic E-state index is -0.274. The number of carbonyl (C=O) groups is 2. The summed E-state index contributed by atoms with van der Waals surface area (Å²) in [5.74, 6) is 0.702. The van der Waals surface area contributed by atoms with Crippen molar-refractivity contribution in [1.82, 2.24) is 14.1 Å². The van der Waals surface area contributed by atoms with Crippen LogP contribution in [0.25, 0.3) is 45.2 Å². The third kappa shape index (κ3) is 2.88. The molecule has 0 atom stereocenters. The monoisotopic (exact) mass is 469 g/mol. The van der Waals surface area contributed by atoms with Crippen LogP contribution >= 0.6 is 0 Å². The zero-order chi connectivity index (χ0) is 24.4. The summed E-state index contributed by atoms with van der Waals surface area (Å²) in [6.45, 7) is 0. The molecular weight excluding hydrogens is 450 g/mol. The lowest BCUT2D eigenvalue weighted by molar-refractivity contribution is 0.0990. The number of furan rings is 1. The Kier molecular flexibility index (Phi) is 4.26. The van der Waals surface area contributed by atoms with Gasteiger partial charge in [0.25, 0.3) is 0 Å². The van der Waals surface area contributed by atoms with Crippen molar-refractivity contribution in [2.75, 3.05) is 0 Å². The highest BCUT2D eigenvalue weighted by Gasteiger charge is 2.34. The molecule has 0 amide bonds. The Morgan fingerprint density at radius 3 is 2.11 bits per heavy atom. The minimum Gasteiger partial charge on any atom is -0.463 e. The van der Waals surface area contributed by atoms with Crippen LogP contribution in [0.1, 0.15) is 26.5 Å². The van der Waals surface area contributed by atoms with Crippen molar-refractivity contribution in [2.24, 2.45) is 7.05 Å². The Morgan fingerprint density at radius 1 is 0.806 bits per heavy atom. The Morgan fingerprint density at radius 2 is 1.47 bits per heavy atom. The van der Waals surface area contributed by atoms with Crippen molar-refractivity contribution >= 4 is 39.6 Å². The fourth-order valence-electron chi connectivity index (χ4n) is 5.03. The molecular formula is C30H19N3O3. The number of aromatic nitrogens is 3. The number of nitrogens with zero attached hydrogens (tertiary/aromatic N) is 3. The van der Waals surface area contributed by atoms with E-state index in [-0.39, 0.29) is 17.1 Å². The van der Waals surface area contributed by atoms with E-state index in [1.807, 2.05) is 101 Å². The zero-order valence-corrected chi connectivity index (χ0v) is 19.3. The Bertz CT molecular complexity index is 1810. The molecule has 0 spiro atoms. The largest absolute Gasteiger partial charge is 0.463 e. The normalized spacial score (nSPS) is 13.2. The number of allylic oxidation sites excluding steroid dienone is 1. The SMILES string of the molecule is Cn1c(-c2ccco2)cc2c1nc(C=C1C(=O)c3cc4ccccc4cc3C1=O)n2-c1ccccc1. The molecule has 1 aliphatic carbocycles. The molecule has 6 heteroatoms. The fraction of sp³-hybridized carbons (Fsp3) is 0.0333. The number of carbonyl (C=O) groups excluding carboxylic acids is 2. The first kappa shape index (κ1) is 20.4. The molecule has 0 unspecified atom stereocenters. The van der Waals surface area contributed by atoms with Crippen LogP contribution in [0.3, 0.4) is 0 Å². The summed E-state index contributed by atoms with van der Waals surface area (Å²) in [6, 6.07) is 26.9. The van der Waals surface area contributed by atoms with Crippen molar-refractivity contribution in [3.8, 4) is 17.1 Å². The Balaban J connectivity index is 1.44. The molecule has 3 heterocycles. The number of hydrogen-bond acceptors (Lipinski definition) is 4. The lowest BCUT2D eigenvalue weighted by Gasteiger charge is -2.06. The maximum Gasteiger partial charge on any atom is 0.197 e. The Hall–Kier alpha value is -4.97. The van der Waals surface area contributed by atoms with E-state index in [9.17, 15) is 9.59 Å². The van der Waals surface area contributed by atoms with Gasteiger partial charge in [0.05, 0.1) is 23.0 Å². The van der Waals surface area contributed by atoms with Gasteiger partial charge in [-0.1, -0.05) is 42.5 Å². The standard InChI is InChI=1S/C30H19N3O3/c1-32-24(26-12-7-13-36-26)17-25-30(32)31-27(33(25)20-10-3-2-4-11-20)16-23-28(34)21-14-18-8-5-6-9-19(18)15-22(21)29(23)35/h2-17H,1H3. The summed E-state index contributed by atoms with van der Waals surface area (Å²) in [7, 11) is 1.92. The van der Waals surface area contributed by atoms with E-state index < -0.39 is 0 Å². The molecule has 7 rings (SSSR count). The highest BCUT2D eigenvalue weighted by atomic mass is 16.3. The summed E-state index contributed by atoms with van der Waals surface area (Å²) in [5, 5.41) is 1.86. The molecule has 1 aliphatic rings. The summed E-state index contributed by atoms with van der Waals surface area (Å²) >= 11 is 0. The number of ketones is 2. The van der Waals surface area contributed by atoms with Gasteiger partial charge in [0.15, 0.2) is 17.2 Å². The van der Waals surface area contributed by atoms with E-state index in [0.29, 0.717) is 17.0 Å². The fourth-order valence-corrected chi connectivity index (χ4v) is 5.03. The third-order valence-corrected chi connectivity index (χ3v) is 6.80. The molecule has 0 bridgehead atoms. The average molecular weight is 470 g/mol. The second-order valence-corrected chi connectivity index (χ2v) is 8.88. The quantitative estimate of drug-likeness (QED) is 0.227. The molecule has 36 heavy (non-hydrogen) atoms. The average Bonchev–Trinajstić information content (AvgIpc) is 3.66. The first-order chi connectivity index (χ1) is 17.6. The van der Waals surface area contributed by atoms with Crippen molar-refractivity contribution in [2.45, 2.75) is 0 Å². The smallest absolute Gasteiger partial charge is 0.197 e. The van der Waals surface area contributed by atoms with Crippen LogP contribution < -0.4 is 0 Å². The molecule has 0 saturated heterocycles. The number of Topliss-reactive ketones (excluding diaryl/α,β-unsaturated/α-hetero) is 2. The minimum absolute atomic E-state index is 0.124. The van der Waals surface area contributed by atoms with Gasteiger partial charge in [0.1, 0.15) is 11.6 Å². The molecule has 172 valence electrons. The van der Waals surface area contributed by atoms with E-state index in [4.69, 9.17) is 9.40 Å². The summed E-state index contributed by atoms with van der Waals surface area (Å²) in [4.78, 5) is 31.7. The number of fused-ring (bicyclic) bond motifs is 3. The van der Waals surface area contributed by atoms with Crippen molar-refractivity contribution in [3.05, 3.63) is 114 Å². The first-order valence-electron chi connectivity index (χ1n) is 11.6. The predicted octanol–water partition coefficient (Wildman–Crippen LogP) is 6.24. The molecule has 6 aromatic rings. The maximum atomic E-state index is 13.4. The van der Waals surface area contributed by atoms with Crippen LogP contribution in [0.4, 0.5) is 0 Å². The molecule has 3 aromatic carbocycles. The molecule has 0 N–H and O–H groups in total. The molecule has 0 radical (unpaired) electrons. The number of para-hydroxylation sites is 1. The van der Waals surface area contributed by atoms with Crippen LogP contribution in [-0.2, 0) is 7.05 Å². The molecule has 3 aromatic heterocycles. The molecule has 0 fully saturated rings. The first-order valence-corrected chi connectivity index (χ1v) is 11.6. The highest BCUT2D eigenvalue weighted by molar-refractivity contribution is 6.42. The number of aryl methyl sites for hydroxylation is 1. The van der Waals surface area contributed by atoms with Gasteiger partial charge in [-0.05, 0) is 59.3 Å². The van der Waals surface area contributed by atoms with Gasteiger partial charge in [0.2, 0.25) is 0 Å². The summed E-state index contributed by atoms with van der Waals surface area (Å²) < 4.78 is 9.54.